The fourth-order valence-corrected chi connectivity index (χ4v) is 2.96. The van der Waals surface area contributed by atoms with Gasteiger partial charge in [0.1, 0.15) is 5.69 Å². The minimum Gasteiger partial charge on any atom is -0.348 e. The Hall–Kier alpha value is -1.07. The molecule has 1 amide bonds. The molecule has 2 aliphatic heterocycles. The van der Waals surface area contributed by atoms with Gasteiger partial charge in [0.05, 0.1) is 6.33 Å². The van der Waals surface area contributed by atoms with Crippen molar-refractivity contribution in [3.05, 3.63) is 18.2 Å². The number of hydrogen-bond acceptors (Lipinski definition) is 3. The molecular formula is C12H19ClN4O. The Morgan fingerprint density at radius 3 is 2.67 bits per heavy atom. The number of amides is 1. The van der Waals surface area contributed by atoms with Crippen molar-refractivity contribution < 1.29 is 4.79 Å². The van der Waals surface area contributed by atoms with E-state index in [9.17, 15) is 4.79 Å². The van der Waals surface area contributed by atoms with Gasteiger partial charge in [-0.15, -0.1) is 12.4 Å². The van der Waals surface area contributed by atoms with Crippen molar-refractivity contribution in [3.8, 4) is 0 Å². The van der Waals surface area contributed by atoms with Gasteiger partial charge in [0.25, 0.3) is 5.91 Å². The lowest BCUT2D eigenvalue weighted by Crippen LogP contribution is -2.48. The molecule has 2 fully saturated rings. The molecule has 0 aromatic carbocycles. The predicted molar refractivity (Wildman–Crippen MR) is 70.9 cm³/mol. The van der Waals surface area contributed by atoms with Crippen LogP contribution < -0.4 is 10.6 Å². The van der Waals surface area contributed by atoms with Crippen LogP contribution in [0, 0.1) is 0 Å². The molecule has 0 radical (unpaired) electrons. The van der Waals surface area contributed by atoms with E-state index in [-0.39, 0.29) is 18.3 Å². The third-order valence-electron chi connectivity index (χ3n) is 3.75. The van der Waals surface area contributed by atoms with Crippen molar-refractivity contribution in [2.45, 2.75) is 43.8 Å². The van der Waals surface area contributed by atoms with Crippen molar-refractivity contribution in [1.29, 1.82) is 0 Å². The van der Waals surface area contributed by atoms with E-state index in [0.29, 0.717) is 23.8 Å². The van der Waals surface area contributed by atoms with Crippen LogP contribution in [-0.4, -0.2) is 33.6 Å². The van der Waals surface area contributed by atoms with Gasteiger partial charge in [-0.25, -0.2) is 4.98 Å². The second kappa shape index (κ2) is 5.28. The van der Waals surface area contributed by atoms with Crippen molar-refractivity contribution >= 4 is 18.3 Å². The number of nitrogens with zero attached hydrogens (tertiary/aromatic N) is 2. The zero-order chi connectivity index (χ0) is 11.8. The molecule has 1 aromatic rings. The van der Waals surface area contributed by atoms with E-state index in [0.717, 1.165) is 12.8 Å². The highest BCUT2D eigenvalue weighted by Gasteiger charge is 2.34. The van der Waals surface area contributed by atoms with E-state index < -0.39 is 0 Å². The topological polar surface area (TPSA) is 59.0 Å². The van der Waals surface area contributed by atoms with E-state index in [1.165, 1.54) is 12.8 Å². The number of aromatic nitrogens is 2. The molecule has 6 heteroatoms. The summed E-state index contributed by atoms with van der Waals surface area (Å²) in [7, 11) is 1.87. The van der Waals surface area contributed by atoms with Gasteiger partial charge in [-0.1, -0.05) is 0 Å². The number of imidazole rings is 1. The average Bonchev–Trinajstić information content (AvgIpc) is 2.85. The summed E-state index contributed by atoms with van der Waals surface area (Å²) in [6.45, 7) is 0. The molecule has 0 aliphatic carbocycles. The summed E-state index contributed by atoms with van der Waals surface area (Å²) in [5.74, 6) is -0.0445. The van der Waals surface area contributed by atoms with E-state index >= 15 is 0 Å². The number of halogens is 1. The molecule has 2 N–H and O–H groups in total. The van der Waals surface area contributed by atoms with Gasteiger partial charge in [0, 0.05) is 31.4 Å². The largest absolute Gasteiger partial charge is 0.348 e. The maximum absolute atomic E-state index is 12.0. The summed E-state index contributed by atoms with van der Waals surface area (Å²) in [5, 5.41) is 6.66. The Labute approximate surface area is 113 Å². The fourth-order valence-electron chi connectivity index (χ4n) is 2.96. The fraction of sp³-hybridized carbons (Fsp3) is 0.667. The molecule has 18 heavy (non-hydrogen) atoms. The first-order chi connectivity index (χ1) is 8.20. The van der Waals surface area contributed by atoms with Crippen LogP contribution in [0.5, 0.6) is 0 Å². The number of fused-ring (bicyclic) bond motifs is 2. The minimum atomic E-state index is -0.0445. The first-order valence-electron chi connectivity index (χ1n) is 6.25. The Morgan fingerprint density at radius 2 is 2.11 bits per heavy atom. The third-order valence-corrected chi connectivity index (χ3v) is 3.75. The van der Waals surface area contributed by atoms with Crippen LogP contribution in [0.4, 0.5) is 0 Å². The zero-order valence-electron chi connectivity index (χ0n) is 10.4. The van der Waals surface area contributed by atoms with Crippen LogP contribution in [0.2, 0.25) is 0 Å². The lowest BCUT2D eigenvalue weighted by atomic mass is 10.00. The molecule has 3 heterocycles. The smallest absolute Gasteiger partial charge is 0.271 e. The number of carbonyl (C=O) groups excluding carboxylic acids is 1. The molecule has 3 rings (SSSR count). The maximum Gasteiger partial charge on any atom is 0.271 e. The van der Waals surface area contributed by atoms with E-state index in [2.05, 4.69) is 15.6 Å². The summed E-state index contributed by atoms with van der Waals surface area (Å²) < 4.78 is 1.79. The molecule has 1 aromatic heterocycles. The van der Waals surface area contributed by atoms with E-state index in [1.54, 1.807) is 17.1 Å². The van der Waals surface area contributed by atoms with Gasteiger partial charge in [0.15, 0.2) is 0 Å². The highest BCUT2D eigenvalue weighted by atomic mass is 35.5. The summed E-state index contributed by atoms with van der Waals surface area (Å²) in [6, 6.07) is 1.51. The van der Waals surface area contributed by atoms with Gasteiger partial charge >= 0.3 is 0 Å². The van der Waals surface area contributed by atoms with Crippen LogP contribution in [0.25, 0.3) is 0 Å². The lowest BCUT2D eigenvalue weighted by molar-refractivity contribution is 0.0919. The van der Waals surface area contributed by atoms with Crippen LogP contribution >= 0.6 is 12.4 Å². The summed E-state index contributed by atoms with van der Waals surface area (Å²) in [6.07, 6.45) is 8.01. The molecule has 2 atom stereocenters. The molecule has 0 spiro atoms. The molecule has 2 saturated heterocycles. The number of aryl methyl sites for hydroxylation is 1. The molecule has 2 unspecified atom stereocenters. The van der Waals surface area contributed by atoms with Crippen LogP contribution in [0.15, 0.2) is 12.5 Å². The predicted octanol–water partition coefficient (Wildman–Crippen LogP) is 0.855. The quantitative estimate of drug-likeness (QED) is 0.838. The number of rotatable bonds is 2. The summed E-state index contributed by atoms with van der Waals surface area (Å²) in [4.78, 5) is 16.0. The van der Waals surface area contributed by atoms with Gasteiger partial charge in [-0.05, 0) is 25.7 Å². The third kappa shape index (κ3) is 2.67. The Bertz CT molecular complexity index is 421. The number of piperidine rings is 1. The van der Waals surface area contributed by atoms with Crippen LogP contribution in [0.3, 0.4) is 0 Å². The minimum absolute atomic E-state index is 0. The summed E-state index contributed by atoms with van der Waals surface area (Å²) >= 11 is 0. The van der Waals surface area contributed by atoms with E-state index in [1.807, 2.05) is 7.05 Å². The molecular weight excluding hydrogens is 252 g/mol. The van der Waals surface area contributed by atoms with Crippen molar-refractivity contribution in [1.82, 2.24) is 20.2 Å². The Morgan fingerprint density at radius 1 is 1.44 bits per heavy atom. The lowest BCUT2D eigenvalue weighted by Gasteiger charge is -2.29. The molecule has 5 nitrogen and oxygen atoms in total. The maximum atomic E-state index is 12.0. The first-order valence-corrected chi connectivity index (χ1v) is 6.25. The average molecular weight is 271 g/mol. The normalized spacial score (nSPS) is 29.7. The first kappa shape index (κ1) is 13.4. The zero-order valence-corrected chi connectivity index (χ0v) is 11.2. The molecule has 2 aliphatic rings. The van der Waals surface area contributed by atoms with Gasteiger partial charge in [0.2, 0.25) is 0 Å². The SMILES string of the molecule is Cl.Cn1cnc(C(=O)NC2CC3CCC(C2)N3)c1. The molecule has 100 valence electrons. The van der Waals surface area contributed by atoms with Gasteiger partial charge in [-0.3, -0.25) is 4.79 Å². The van der Waals surface area contributed by atoms with Crippen LogP contribution in [0.1, 0.15) is 36.2 Å². The second-order valence-corrected chi connectivity index (χ2v) is 5.20. The number of carbonyl (C=O) groups is 1. The molecule has 0 saturated carbocycles. The van der Waals surface area contributed by atoms with E-state index in [4.69, 9.17) is 0 Å². The standard InChI is InChI=1S/C12H18N4O.ClH/c1-16-6-11(13-7-16)12(17)15-10-4-8-2-3-9(5-10)14-8;/h6-10,14H,2-5H2,1H3,(H,15,17);1H. The number of nitrogens with one attached hydrogen (secondary N) is 2. The molecule has 2 bridgehead atoms. The Kier molecular flexibility index (Phi) is 3.92. The van der Waals surface area contributed by atoms with Crippen molar-refractivity contribution in [2.24, 2.45) is 7.05 Å². The number of hydrogen-bond donors (Lipinski definition) is 2. The summed E-state index contributed by atoms with van der Waals surface area (Å²) in [5.41, 5.74) is 0.512. The van der Waals surface area contributed by atoms with Gasteiger partial charge in [-0.2, -0.15) is 0 Å². The monoisotopic (exact) mass is 270 g/mol. The van der Waals surface area contributed by atoms with Crippen molar-refractivity contribution in [2.75, 3.05) is 0 Å². The highest BCUT2D eigenvalue weighted by molar-refractivity contribution is 5.92. The van der Waals surface area contributed by atoms with Gasteiger partial charge < -0.3 is 15.2 Å². The second-order valence-electron chi connectivity index (χ2n) is 5.20. The highest BCUT2D eigenvalue weighted by Crippen LogP contribution is 2.26. The van der Waals surface area contributed by atoms with Crippen molar-refractivity contribution in [3.63, 3.8) is 0 Å². The Balaban J connectivity index is 0.00000120. The van der Waals surface area contributed by atoms with Crippen LogP contribution in [-0.2, 0) is 7.05 Å².